The molecule has 0 amide bonds. The fourth-order valence-corrected chi connectivity index (χ4v) is 2.52. The van der Waals surface area contributed by atoms with E-state index in [-0.39, 0.29) is 6.61 Å². The standard InChI is InChI=1S/C13H19N5O4/c1-2-3-14-11-8-12(16-5-15-11)18(6-17-8)13-10(21)9(20)7(4-19)22-13/h5-7,9-10,13,19-21H,2-4H2,1H3,(H,14,15,16)/t7-,9?,10+,13-/m1/s1. The van der Waals surface area contributed by atoms with Crippen molar-refractivity contribution in [2.45, 2.75) is 37.9 Å². The van der Waals surface area contributed by atoms with Crippen LogP contribution in [0.5, 0.6) is 0 Å². The Bertz CT molecular complexity index is 648. The molecule has 4 atom stereocenters. The molecule has 1 saturated heterocycles. The second kappa shape index (κ2) is 6.13. The van der Waals surface area contributed by atoms with E-state index in [0.29, 0.717) is 17.0 Å². The molecule has 1 unspecified atom stereocenters. The molecule has 4 N–H and O–H groups in total. The maximum absolute atomic E-state index is 10.1. The molecule has 3 heterocycles. The van der Waals surface area contributed by atoms with Crippen LogP contribution in [0, 0.1) is 0 Å². The number of aliphatic hydroxyl groups excluding tert-OH is 3. The number of aromatic nitrogens is 4. The lowest BCUT2D eigenvalue weighted by Gasteiger charge is -2.16. The van der Waals surface area contributed by atoms with Crippen LogP contribution in [0.4, 0.5) is 5.82 Å². The minimum absolute atomic E-state index is 0.375. The van der Waals surface area contributed by atoms with Crippen molar-refractivity contribution in [2.24, 2.45) is 0 Å². The predicted molar refractivity (Wildman–Crippen MR) is 77.1 cm³/mol. The molecule has 0 aliphatic carbocycles. The number of rotatable bonds is 5. The largest absolute Gasteiger partial charge is 0.394 e. The summed E-state index contributed by atoms with van der Waals surface area (Å²) in [5, 5.41) is 32.3. The van der Waals surface area contributed by atoms with Crippen molar-refractivity contribution in [1.82, 2.24) is 19.5 Å². The average molecular weight is 309 g/mol. The average Bonchev–Trinajstić information content (AvgIpc) is 3.08. The Kier molecular flexibility index (Phi) is 4.21. The highest BCUT2D eigenvalue weighted by molar-refractivity contribution is 5.82. The number of nitrogens with one attached hydrogen (secondary N) is 1. The summed E-state index contributed by atoms with van der Waals surface area (Å²) < 4.78 is 7.04. The molecule has 22 heavy (non-hydrogen) atoms. The lowest BCUT2D eigenvalue weighted by atomic mass is 10.1. The van der Waals surface area contributed by atoms with Crippen LogP contribution in [0.15, 0.2) is 12.7 Å². The zero-order chi connectivity index (χ0) is 15.7. The van der Waals surface area contributed by atoms with Gasteiger partial charge < -0.3 is 25.4 Å². The van der Waals surface area contributed by atoms with E-state index in [2.05, 4.69) is 20.3 Å². The van der Waals surface area contributed by atoms with Gasteiger partial charge in [-0.1, -0.05) is 6.92 Å². The number of nitrogens with zero attached hydrogens (tertiary/aromatic N) is 4. The van der Waals surface area contributed by atoms with Crippen LogP contribution in [0.2, 0.25) is 0 Å². The van der Waals surface area contributed by atoms with Crippen molar-refractivity contribution in [3.05, 3.63) is 12.7 Å². The van der Waals surface area contributed by atoms with Crippen molar-refractivity contribution in [2.75, 3.05) is 18.5 Å². The zero-order valence-corrected chi connectivity index (χ0v) is 12.1. The molecule has 2 aromatic heterocycles. The molecule has 0 spiro atoms. The van der Waals surface area contributed by atoms with Gasteiger partial charge in [0.1, 0.15) is 24.6 Å². The van der Waals surface area contributed by atoms with Gasteiger partial charge in [0.25, 0.3) is 0 Å². The van der Waals surface area contributed by atoms with E-state index in [9.17, 15) is 10.2 Å². The lowest BCUT2D eigenvalue weighted by Crippen LogP contribution is -2.33. The Labute approximate surface area is 126 Å². The van der Waals surface area contributed by atoms with Gasteiger partial charge in [0.15, 0.2) is 23.2 Å². The van der Waals surface area contributed by atoms with Crippen LogP contribution in [-0.4, -0.2) is 66.3 Å². The molecule has 1 aliphatic rings. The number of fused-ring (bicyclic) bond motifs is 1. The first-order valence-electron chi connectivity index (χ1n) is 7.21. The van der Waals surface area contributed by atoms with Crippen molar-refractivity contribution in [1.29, 1.82) is 0 Å². The van der Waals surface area contributed by atoms with Crippen molar-refractivity contribution in [3.8, 4) is 0 Å². The number of ether oxygens (including phenoxy) is 1. The van der Waals surface area contributed by atoms with Crippen LogP contribution in [-0.2, 0) is 4.74 Å². The molecule has 0 aromatic carbocycles. The van der Waals surface area contributed by atoms with Gasteiger partial charge in [0, 0.05) is 6.54 Å². The predicted octanol–water partition coefficient (Wildman–Crippen LogP) is -0.740. The molecular formula is C13H19N5O4. The van der Waals surface area contributed by atoms with E-state index in [4.69, 9.17) is 9.84 Å². The Balaban J connectivity index is 1.95. The SMILES string of the molecule is CCCNc1ncnc2c1ncn2[C@@H]1O[C@H](CO)C(O)[C@@H]1O. The topological polar surface area (TPSA) is 126 Å². The van der Waals surface area contributed by atoms with Crippen molar-refractivity contribution < 1.29 is 20.1 Å². The maximum atomic E-state index is 10.1. The summed E-state index contributed by atoms with van der Waals surface area (Å²) in [6.07, 6.45) is -0.191. The minimum Gasteiger partial charge on any atom is -0.394 e. The third-order valence-corrected chi connectivity index (χ3v) is 3.69. The van der Waals surface area contributed by atoms with Gasteiger partial charge in [0.05, 0.1) is 12.9 Å². The molecule has 2 aromatic rings. The van der Waals surface area contributed by atoms with Crippen molar-refractivity contribution in [3.63, 3.8) is 0 Å². The van der Waals surface area contributed by atoms with Gasteiger partial charge >= 0.3 is 0 Å². The maximum Gasteiger partial charge on any atom is 0.167 e. The molecule has 0 radical (unpaired) electrons. The van der Waals surface area contributed by atoms with E-state index in [0.717, 1.165) is 13.0 Å². The summed E-state index contributed by atoms with van der Waals surface area (Å²) in [4.78, 5) is 12.6. The highest BCUT2D eigenvalue weighted by atomic mass is 16.6. The van der Waals surface area contributed by atoms with E-state index in [1.807, 2.05) is 6.92 Å². The zero-order valence-electron chi connectivity index (χ0n) is 12.1. The first-order valence-corrected chi connectivity index (χ1v) is 7.21. The van der Waals surface area contributed by atoms with Gasteiger partial charge in [-0.05, 0) is 6.42 Å². The second-order valence-corrected chi connectivity index (χ2v) is 5.20. The molecule has 120 valence electrons. The first kappa shape index (κ1) is 15.1. The summed E-state index contributed by atoms with van der Waals surface area (Å²) in [5.41, 5.74) is 1.05. The molecule has 9 heteroatoms. The third-order valence-electron chi connectivity index (χ3n) is 3.69. The fraction of sp³-hybridized carbons (Fsp3) is 0.615. The summed E-state index contributed by atoms with van der Waals surface area (Å²) in [5.74, 6) is 0.609. The van der Waals surface area contributed by atoms with E-state index in [1.54, 1.807) is 0 Å². The Hall–Kier alpha value is -1.81. The van der Waals surface area contributed by atoms with Gasteiger partial charge in [-0.15, -0.1) is 0 Å². The molecule has 1 aliphatic heterocycles. The number of anilines is 1. The molecule has 0 bridgehead atoms. The van der Waals surface area contributed by atoms with Crippen molar-refractivity contribution >= 4 is 17.0 Å². The number of hydrogen-bond donors (Lipinski definition) is 4. The summed E-state index contributed by atoms with van der Waals surface area (Å²) in [7, 11) is 0. The van der Waals surface area contributed by atoms with Gasteiger partial charge in [-0.3, -0.25) is 4.57 Å². The van der Waals surface area contributed by atoms with E-state index >= 15 is 0 Å². The summed E-state index contributed by atoms with van der Waals surface area (Å²) in [6.45, 7) is 2.43. The summed E-state index contributed by atoms with van der Waals surface area (Å²) in [6, 6.07) is 0. The number of aliphatic hydroxyl groups is 3. The van der Waals surface area contributed by atoms with Crippen LogP contribution < -0.4 is 5.32 Å². The van der Waals surface area contributed by atoms with Crippen LogP contribution in [0.25, 0.3) is 11.2 Å². The smallest absolute Gasteiger partial charge is 0.167 e. The van der Waals surface area contributed by atoms with Crippen LogP contribution in [0.1, 0.15) is 19.6 Å². The molecule has 9 nitrogen and oxygen atoms in total. The number of hydrogen-bond acceptors (Lipinski definition) is 8. The van der Waals surface area contributed by atoms with Gasteiger partial charge in [-0.2, -0.15) is 0 Å². The minimum atomic E-state index is -1.17. The van der Waals surface area contributed by atoms with Crippen LogP contribution >= 0.6 is 0 Å². The monoisotopic (exact) mass is 309 g/mol. The lowest BCUT2D eigenvalue weighted by molar-refractivity contribution is -0.0511. The Morgan fingerprint density at radius 2 is 2.09 bits per heavy atom. The Morgan fingerprint density at radius 1 is 1.27 bits per heavy atom. The quantitative estimate of drug-likeness (QED) is 0.569. The molecule has 3 rings (SSSR count). The Morgan fingerprint density at radius 3 is 2.77 bits per heavy atom. The molecule has 1 fully saturated rings. The number of imidazole rings is 1. The van der Waals surface area contributed by atoms with Gasteiger partial charge in [0.2, 0.25) is 0 Å². The molecular weight excluding hydrogens is 290 g/mol. The highest BCUT2D eigenvalue weighted by Gasteiger charge is 2.43. The van der Waals surface area contributed by atoms with E-state index in [1.165, 1.54) is 17.2 Å². The third kappa shape index (κ3) is 2.41. The normalized spacial score (nSPS) is 28.4. The van der Waals surface area contributed by atoms with E-state index < -0.39 is 24.5 Å². The first-order chi connectivity index (χ1) is 10.7. The second-order valence-electron chi connectivity index (χ2n) is 5.20. The highest BCUT2D eigenvalue weighted by Crippen LogP contribution is 2.31. The molecule has 0 saturated carbocycles. The summed E-state index contributed by atoms with van der Waals surface area (Å²) >= 11 is 0. The fourth-order valence-electron chi connectivity index (χ4n) is 2.52. The van der Waals surface area contributed by atoms with Gasteiger partial charge in [-0.25, -0.2) is 15.0 Å². The van der Waals surface area contributed by atoms with Crippen LogP contribution in [0.3, 0.4) is 0 Å².